The second-order valence-electron chi connectivity index (χ2n) is 18.5. The zero-order valence-electron chi connectivity index (χ0n) is 38.5. The van der Waals surface area contributed by atoms with Gasteiger partial charge in [-0.2, -0.15) is 0 Å². The van der Waals surface area contributed by atoms with E-state index in [0.717, 1.165) is 75.3 Å². The number of amides is 5. The van der Waals surface area contributed by atoms with E-state index in [2.05, 4.69) is 69.6 Å². The summed E-state index contributed by atoms with van der Waals surface area (Å²) in [6.07, 6.45) is 12.3. The molecule has 2 heterocycles. The van der Waals surface area contributed by atoms with E-state index in [1.54, 1.807) is 29.2 Å². The molecule has 1 aromatic heterocycles. The molecule has 0 radical (unpaired) electrons. The Morgan fingerprint density at radius 1 is 0.682 bits per heavy atom. The fraction of sp³-hybridized carbons (Fsp3) is 0.519. The van der Waals surface area contributed by atoms with E-state index in [1.165, 1.54) is 12.8 Å². The number of carbonyl (C=O) groups is 5. The van der Waals surface area contributed by atoms with Crippen molar-refractivity contribution < 1.29 is 33.5 Å². The molecule has 1 unspecified atom stereocenters. The monoisotopic (exact) mass is 902 g/mol. The molecule has 3 fully saturated rings. The topological polar surface area (TPSA) is 196 Å². The first-order valence-corrected chi connectivity index (χ1v) is 24.3. The molecule has 5 N–H and O–H groups in total. The molecule has 2 saturated carbocycles. The van der Waals surface area contributed by atoms with Gasteiger partial charge >= 0.3 is 0 Å². The maximum atomic E-state index is 14.1. The number of nitrogens with one attached hydrogen (secondary N) is 4. The fourth-order valence-electron chi connectivity index (χ4n) is 9.14. The molecule has 0 spiro atoms. The van der Waals surface area contributed by atoms with E-state index in [1.807, 2.05) is 36.4 Å². The molecule has 2 aliphatic carbocycles. The molecule has 352 valence electrons. The molecular weight excluding hydrogens is 835 g/mol. The van der Waals surface area contributed by atoms with Gasteiger partial charge in [-0.05, 0) is 61.1 Å². The van der Waals surface area contributed by atoms with Crippen LogP contribution in [0.25, 0.3) is 11.5 Å². The number of likely N-dealkylation sites (tertiary alicyclic amines) is 1. The van der Waals surface area contributed by atoms with E-state index in [-0.39, 0.29) is 72.9 Å². The molecule has 7 rings (SSSR count). The molecule has 5 amide bonds. The van der Waals surface area contributed by atoms with Crippen molar-refractivity contribution in [3.8, 4) is 11.5 Å². The van der Waals surface area contributed by atoms with Crippen LogP contribution in [0.2, 0.25) is 0 Å². The van der Waals surface area contributed by atoms with Crippen molar-refractivity contribution in [3.63, 3.8) is 0 Å². The van der Waals surface area contributed by atoms with Crippen LogP contribution in [0.5, 0.6) is 0 Å². The SMILES string of the molecule is CCCCCCCCCC(=O)NC(O)(Cc1nnc(-c2ccc(C(=O)N3C[C@@H](C(=O)N[C@H]4C[C@@H]4c4ccccc4)[C@H](C(=O)N[C@H]4C[C@@H]4c4ccccc4)C3)cc2)o1)C(=O)NCCCCCC. The zero-order valence-corrected chi connectivity index (χ0v) is 38.5. The number of nitrogens with zero attached hydrogens (tertiary/aromatic N) is 3. The average Bonchev–Trinajstić information content (AvgIpc) is 4.17. The first kappa shape index (κ1) is 48.1. The first-order chi connectivity index (χ1) is 32.1. The summed E-state index contributed by atoms with van der Waals surface area (Å²) >= 11 is 0. The van der Waals surface area contributed by atoms with Crippen LogP contribution in [0.3, 0.4) is 0 Å². The van der Waals surface area contributed by atoms with Crippen molar-refractivity contribution in [2.45, 2.75) is 140 Å². The Hall–Kier alpha value is -5.89. The van der Waals surface area contributed by atoms with E-state index in [9.17, 15) is 29.1 Å². The summed E-state index contributed by atoms with van der Waals surface area (Å²) in [5.74, 6) is -2.93. The van der Waals surface area contributed by atoms with Crippen LogP contribution in [0.1, 0.15) is 143 Å². The fourth-order valence-corrected chi connectivity index (χ4v) is 9.14. The minimum absolute atomic E-state index is 0.0261. The van der Waals surface area contributed by atoms with Crippen molar-refractivity contribution in [3.05, 3.63) is 108 Å². The Bertz CT molecular complexity index is 2160. The van der Waals surface area contributed by atoms with Gasteiger partial charge < -0.3 is 35.7 Å². The van der Waals surface area contributed by atoms with Crippen LogP contribution in [0.15, 0.2) is 89.3 Å². The van der Waals surface area contributed by atoms with Crippen LogP contribution >= 0.6 is 0 Å². The summed E-state index contributed by atoms with van der Waals surface area (Å²) in [6, 6.07) is 26.6. The van der Waals surface area contributed by atoms with Crippen molar-refractivity contribution >= 4 is 29.5 Å². The van der Waals surface area contributed by atoms with Gasteiger partial charge in [0.15, 0.2) is 0 Å². The molecule has 4 aromatic rings. The van der Waals surface area contributed by atoms with Crippen molar-refractivity contribution in [2.75, 3.05) is 19.6 Å². The molecule has 14 nitrogen and oxygen atoms in total. The second kappa shape index (κ2) is 23.0. The quantitative estimate of drug-likeness (QED) is 0.0345. The Labute approximate surface area is 388 Å². The van der Waals surface area contributed by atoms with Crippen molar-refractivity contribution in [2.24, 2.45) is 11.8 Å². The maximum Gasteiger partial charge on any atom is 0.273 e. The lowest BCUT2D eigenvalue weighted by Crippen LogP contribution is -2.60. The summed E-state index contributed by atoms with van der Waals surface area (Å²) < 4.78 is 5.93. The van der Waals surface area contributed by atoms with Gasteiger partial charge in [-0.15, -0.1) is 10.2 Å². The Balaban J connectivity index is 0.983. The van der Waals surface area contributed by atoms with Crippen LogP contribution in [-0.4, -0.2) is 87.2 Å². The molecule has 1 saturated heterocycles. The summed E-state index contributed by atoms with van der Waals surface area (Å²) in [7, 11) is 0. The smallest absolute Gasteiger partial charge is 0.273 e. The van der Waals surface area contributed by atoms with Gasteiger partial charge in [-0.25, -0.2) is 0 Å². The zero-order chi connectivity index (χ0) is 46.5. The van der Waals surface area contributed by atoms with E-state index >= 15 is 0 Å². The third kappa shape index (κ3) is 12.9. The first-order valence-electron chi connectivity index (χ1n) is 24.3. The highest BCUT2D eigenvalue weighted by Crippen LogP contribution is 2.43. The molecule has 0 bridgehead atoms. The standard InChI is InChI=1S/C52H67N7O7/c1-3-5-7-9-10-11-18-24-45(60)56-52(65,51(64)53-29-19-8-6-4-2)32-46-57-58-49(66-46)37-25-27-38(28-26-37)50(63)59-33-41(47(61)54-43-30-39(43)35-20-14-12-15-21-35)42(34-59)48(62)55-44-31-40(44)36-22-16-13-17-23-36/h12-17,20-23,25-28,39-44,65H,3-11,18-19,24,29-34H2,1-2H3,(H,53,64)(H,54,61)(H,55,62)(H,56,60)/t39-,40-,41-,42-,43+,44+,52?/m1/s1. The maximum absolute atomic E-state index is 14.1. The van der Waals surface area contributed by atoms with E-state index < -0.39 is 35.8 Å². The van der Waals surface area contributed by atoms with Gasteiger partial charge in [-0.3, -0.25) is 24.0 Å². The van der Waals surface area contributed by atoms with Gasteiger partial charge in [-0.1, -0.05) is 132 Å². The highest BCUT2D eigenvalue weighted by Gasteiger charge is 2.49. The highest BCUT2D eigenvalue weighted by atomic mass is 16.4. The summed E-state index contributed by atoms with van der Waals surface area (Å²) in [5.41, 5.74) is 0.855. The molecule has 3 aliphatic rings. The van der Waals surface area contributed by atoms with Gasteiger partial charge in [0.05, 0.1) is 18.3 Å². The number of carbonyl (C=O) groups excluding carboxylic acids is 5. The number of aromatic nitrogens is 2. The van der Waals surface area contributed by atoms with Crippen LogP contribution in [0, 0.1) is 11.8 Å². The normalized spacial score (nSPS) is 21.7. The number of rotatable bonds is 25. The van der Waals surface area contributed by atoms with Crippen LogP contribution in [-0.2, 0) is 25.6 Å². The van der Waals surface area contributed by atoms with Crippen molar-refractivity contribution in [1.29, 1.82) is 0 Å². The Morgan fingerprint density at radius 2 is 1.21 bits per heavy atom. The number of hydrogen-bond acceptors (Lipinski definition) is 9. The summed E-state index contributed by atoms with van der Waals surface area (Å²) in [6.45, 7) is 4.81. The van der Waals surface area contributed by atoms with Crippen LogP contribution < -0.4 is 21.3 Å². The minimum atomic E-state index is -2.31. The van der Waals surface area contributed by atoms with Gasteiger partial charge in [0.2, 0.25) is 35.2 Å². The predicted octanol–water partition coefficient (Wildman–Crippen LogP) is 6.95. The lowest BCUT2D eigenvalue weighted by molar-refractivity contribution is -0.150. The number of benzene rings is 3. The Morgan fingerprint density at radius 3 is 1.77 bits per heavy atom. The number of unbranched alkanes of at least 4 members (excludes halogenated alkanes) is 9. The third-order valence-electron chi connectivity index (χ3n) is 13.3. The number of hydrogen-bond donors (Lipinski definition) is 5. The number of aliphatic hydroxyl groups is 1. The van der Waals surface area contributed by atoms with Gasteiger partial charge in [0.1, 0.15) is 0 Å². The summed E-state index contributed by atoms with van der Waals surface area (Å²) in [5, 5.41) is 31.6. The van der Waals surface area contributed by atoms with Crippen molar-refractivity contribution in [1.82, 2.24) is 36.4 Å². The third-order valence-corrected chi connectivity index (χ3v) is 13.3. The van der Waals surface area contributed by atoms with Gasteiger partial charge in [0.25, 0.3) is 11.8 Å². The predicted molar refractivity (Wildman–Crippen MR) is 251 cm³/mol. The molecule has 66 heavy (non-hydrogen) atoms. The molecule has 1 aliphatic heterocycles. The summed E-state index contributed by atoms with van der Waals surface area (Å²) in [4.78, 5) is 69.9. The molecule has 7 atom stereocenters. The molecule has 3 aromatic carbocycles. The lowest BCUT2D eigenvalue weighted by atomic mass is 9.94. The van der Waals surface area contributed by atoms with E-state index in [4.69, 9.17) is 4.42 Å². The Kier molecular flexibility index (Phi) is 16.8. The average molecular weight is 902 g/mol. The molecular formula is C52H67N7O7. The second-order valence-corrected chi connectivity index (χ2v) is 18.5. The lowest BCUT2D eigenvalue weighted by Gasteiger charge is -2.27. The van der Waals surface area contributed by atoms with E-state index in [0.29, 0.717) is 24.1 Å². The molecule has 14 heteroatoms. The largest absolute Gasteiger partial charge is 0.420 e. The minimum Gasteiger partial charge on any atom is -0.420 e. The van der Waals surface area contributed by atoms with Gasteiger partial charge in [0, 0.05) is 61.1 Å². The highest BCUT2D eigenvalue weighted by molar-refractivity contribution is 5.97. The van der Waals surface area contributed by atoms with Crippen LogP contribution in [0.4, 0.5) is 0 Å².